The minimum Gasteiger partial charge on any atom is -0.349 e. The van der Waals surface area contributed by atoms with E-state index in [1.54, 1.807) is 30.3 Å². The minimum atomic E-state index is -0.338. The number of thioether (sulfide) groups is 1. The molecule has 1 fully saturated rings. The second kappa shape index (κ2) is 12.2. The lowest BCUT2D eigenvalue weighted by atomic mass is 9.95. The van der Waals surface area contributed by atoms with Crippen molar-refractivity contribution in [2.45, 2.75) is 42.5 Å². The Hall–Kier alpha value is -3.69. The zero-order valence-electron chi connectivity index (χ0n) is 20.7. The van der Waals surface area contributed by atoms with E-state index in [1.807, 2.05) is 42.5 Å². The van der Waals surface area contributed by atoms with Gasteiger partial charge in [-0.15, -0.1) is 11.3 Å². The number of hydrogen-bond acceptors (Lipinski definition) is 6. The van der Waals surface area contributed by atoms with Gasteiger partial charge in [0.15, 0.2) is 4.34 Å². The van der Waals surface area contributed by atoms with Gasteiger partial charge in [-0.1, -0.05) is 61.4 Å². The fourth-order valence-corrected chi connectivity index (χ4v) is 6.38. The number of rotatable bonds is 8. The van der Waals surface area contributed by atoms with Crippen molar-refractivity contribution < 1.29 is 14.4 Å². The Kier molecular flexibility index (Phi) is 8.35. The van der Waals surface area contributed by atoms with Crippen LogP contribution in [0.5, 0.6) is 0 Å². The number of anilines is 2. The lowest BCUT2D eigenvalue weighted by Gasteiger charge is -2.23. The number of benzene rings is 3. The summed E-state index contributed by atoms with van der Waals surface area (Å²) in [4.78, 5) is 43.0. The summed E-state index contributed by atoms with van der Waals surface area (Å²) in [7, 11) is 0. The van der Waals surface area contributed by atoms with Crippen LogP contribution in [0.25, 0.3) is 10.2 Å². The number of thiazole rings is 1. The number of nitrogens with one attached hydrogen (secondary N) is 3. The van der Waals surface area contributed by atoms with E-state index in [0.29, 0.717) is 16.8 Å². The Bertz CT molecular complexity index is 1450. The summed E-state index contributed by atoms with van der Waals surface area (Å²) in [5, 5.41) is 8.89. The van der Waals surface area contributed by atoms with Gasteiger partial charge in [0, 0.05) is 17.4 Å². The molecule has 0 aliphatic heterocycles. The molecular formula is C29H28N4O3S2. The van der Waals surface area contributed by atoms with Crippen LogP contribution < -0.4 is 16.0 Å². The SMILES string of the molecule is O=C(CSc1nc2ccc(NC(=O)c3ccccc3C(=O)NC3CCCCC3)cc2s1)Nc1ccccc1. The van der Waals surface area contributed by atoms with E-state index in [0.717, 1.165) is 45.9 Å². The lowest BCUT2D eigenvalue weighted by molar-refractivity contribution is -0.113. The minimum absolute atomic E-state index is 0.0976. The van der Waals surface area contributed by atoms with E-state index in [4.69, 9.17) is 0 Å². The Morgan fingerprint density at radius 1 is 0.816 bits per heavy atom. The molecular weight excluding hydrogens is 516 g/mol. The highest BCUT2D eigenvalue weighted by Crippen LogP contribution is 2.31. The Labute approximate surface area is 229 Å². The van der Waals surface area contributed by atoms with Crippen molar-refractivity contribution in [3.63, 3.8) is 0 Å². The Morgan fingerprint density at radius 3 is 2.29 bits per heavy atom. The van der Waals surface area contributed by atoms with Crippen molar-refractivity contribution in [1.29, 1.82) is 0 Å². The third-order valence-corrected chi connectivity index (χ3v) is 8.53. The second-order valence-corrected chi connectivity index (χ2v) is 11.4. The first-order valence-corrected chi connectivity index (χ1v) is 14.4. The highest BCUT2D eigenvalue weighted by atomic mass is 32.2. The highest BCUT2D eigenvalue weighted by Gasteiger charge is 2.21. The van der Waals surface area contributed by atoms with Crippen LogP contribution in [0, 0.1) is 0 Å². The van der Waals surface area contributed by atoms with Gasteiger partial charge in [0.2, 0.25) is 5.91 Å². The lowest BCUT2D eigenvalue weighted by Crippen LogP contribution is -2.37. The predicted octanol–water partition coefficient (Wildman–Crippen LogP) is 6.34. The van der Waals surface area contributed by atoms with E-state index < -0.39 is 0 Å². The van der Waals surface area contributed by atoms with Crippen molar-refractivity contribution in [1.82, 2.24) is 10.3 Å². The molecule has 38 heavy (non-hydrogen) atoms. The molecule has 1 aliphatic rings. The van der Waals surface area contributed by atoms with Gasteiger partial charge in [-0.3, -0.25) is 14.4 Å². The standard InChI is InChI=1S/C29H28N4O3S2/c34-26(30-19-9-3-1-4-10-19)18-37-29-33-24-16-15-21(17-25(24)38-29)32-28(36)23-14-8-7-13-22(23)27(35)31-20-11-5-2-6-12-20/h1,3-4,7-10,13-17,20H,2,5-6,11-12,18H2,(H,30,34)(H,31,35)(H,32,36). The number of aromatic nitrogens is 1. The molecule has 0 radical (unpaired) electrons. The quantitative estimate of drug-likeness (QED) is 0.225. The van der Waals surface area contributed by atoms with Crippen molar-refractivity contribution in [2.24, 2.45) is 0 Å². The van der Waals surface area contributed by atoms with Crippen LogP contribution in [-0.4, -0.2) is 34.5 Å². The number of fused-ring (bicyclic) bond motifs is 1. The van der Waals surface area contributed by atoms with Gasteiger partial charge in [0.1, 0.15) is 0 Å². The van der Waals surface area contributed by atoms with Crippen LogP contribution >= 0.6 is 23.1 Å². The van der Waals surface area contributed by atoms with Crippen LogP contribution in [0.15, 0.2) is 77.1 Å². The molecule has 3 N–H and O–H groups in total. The number of para-hydroxylation sites is 1. The van der Waals surface area contributed by atoms with Gasteiger partial charge in [0.25, 0.3) is 11.8 Å². The molecule has 5 rings (SSSR count). The third kappa shape index (κ3) is 6.59. The molecule has 0 bridgehead atoms. The molecule has 1 saturated carbocycles. The summed E-state index contributed by atoms with van der Waals surface area (Å²) in [6.07, 6.45) is 5.40. The normalized spacial score (nSPS) is 13.7. The second-order valence-electron chi connectivity index (χ2n) is 9.17. The summed E-state index contributed by atoms with van der Waals surface area (Å²) in [6, 6.07) is 21.9. The maximum atomic E-state index is 13.1. The molecule has 4 aromatic rings. The van der Waals surface area contributed by atoms with E-state index in [9.17, 15) is 14.4 Å². The molecule has 0 spiro atoms. The van der Waals surface area contributed by atoms with Gasteiger partial charge in [-0.25, -0.2) is 4.98 Å². The fourth-order valence-electron chi connectivity index (χ4n) is 4.48. The molecule has 3 amide bonds. The molecule has 1 aromatic heterocycles. The molecule has 194 valence electrons. The number of carbonyl (C=O) groups is 3. The number of amides is 3. The van der Waals surface area contributed by atoms with Crippen LogP contribution in [0.4, 0.5) is 11.4 Å². The van der Waals surface area contributed by atoms with Gasteiger partial charge < -0.3 is 16.0 Å². The maximum absolute atomic E-state index is 13.1. The number of nitrogens with zero attached hydrogens (tertiary/aromatic N) is 1. The average molecular weight is 545 g/mol. The molecule has 1 aliphatic carbocycles. The molecule has 0 saturated heterocycles. The summed E-state index contributed by atoms with van der Waals surface area (Å²) >= 11 is 2.84. The first-order valence-electron chi connectivity index (χ1n) is 12.6. The van der Waals surface area contributed by atoms with E-state index in [1.165, 1.54) is 29.5 Å². The van der Waals surface area contributed by atoms with Gasteiger partial charge in [-0.05, 0) is 55.3 Å². The number of carbonyl (C=O) groups excluding carboxylic acids is 3. The number of hydrogen-bond donors (Lipinski definition) is 3. The molecule has 0 unspecified atom stereocenters. The largest absolute Gasteiger partial charge is 0.349 e. The summed E-state index contributed by atoms with van der Waals surface area (Å²) in [5.74, 6) is -0.397. The third-order valence-electron chi connectivity index (χ3n) is 6.37. The van der Waals surface area contributed by atoms with Crippen LogP contribution in [0.3, 0.4) is 0 Å². The van der Waals surface area contributed by atoms with Gasteiger partial charge in [-0.2, -0.15) is 0 Å². The maximum Gasteiger partial charge on any atom is 0.256 e. The summed E-state index contributed by atoms with van der Waals surface area (Å²) in [5.41, 5.74) is 2.89. The van der Waals surface area contributed by atoms with E-state index in [2.05, 4.69) is 20.9 Å². The van der Waals surface area contributed by atoms with Crippen molar-refractivity contribution in [3.05, 3.63) is 83.9 Å². The van der Waals surface area contributed by atoms with Crippen molar-refractivity contribution in [3.8, 4) is 0 Å². The molecule has 7 nitrogen and oxygen atoms in total. The first kappa shape index (κ1) is 25.9. The van der Waals surface area contributed by atoms with Crippen molar-refractivity contribution in [2.75, 3.05) is 16.4 Å². The van der Waals surface area contributed by atoms with E-state index in [-0.39, 0.29) is 29.5 Å². The average Bonchev–Trinajstić information content (AvgIpc) is 3.35. The van der Waals surface area contributed by atoms with Gasteiger partial charge >= 0.3 is 0 Å². The summed E-state index contributed by atoms with van der Waals surface area (Å²) in [6.45, 7) is 0. The molecule has 0 atom stereocenters. The highest BCUT2D eigenvalue weighted by molar-refractivity contribution is 8.01. The summed E-state index contributed by atoms with van der Waals surface area (Å²) < 4.78 is 1.67. The van der Waals surface area contributed by atoms with Crippen LogP contribution in [0.1, 0.15) is 52.8 Å². The van der Waals surface area contributed by atoms with Gasteiger partial charge in [0.05, 0.1) is 27.1 Å². The first-order chi connectivity index (χ1) is 18.5. The molecule has 1 heterocycles. The van der Waals surface area contributed by atoms with E-state index >= 15 is 0 Å². The predicted molar refractivity (Wildman–Crippen MR) is 154 cm³/mol. The topological polar surface area (TPSA) is 100 Å². The van der Waals surface area contributed by atoms with Crippen molar-refractivity contribution >= 4 is 62.4 Å². The van der Waals surface area contributed by atoms with Crippen LogP contribution in [0.2, 0.25) is 0 Å². The Balaban J connectivity index is 1.22. The zero-order chi connectivity index (χ0) is 26.3. The zero-order valence-corrected chi connectivity index (χ0v) is 22.4. The molecule has 3 aromatic carbocycles. The Morgan fingerprint density at radius 2 is 1.53 bits per heavy atom. The monoisotopic (exact) mass is 544 g/mol. The fraction of sp³-hybridized carbons (Fsp3) is 0.241. The molecule has 9 heteroatoms. The smallest absolute Gasteiger partial charge is 0.256 e. The van der Waals surface area contributed by atoms with Crippen LogP contribution in [-0.2, 0) is 4.79 Å².